The van der Waals surface area contributed by atoms with E-state index in [4.69, 9.17) is 4.74 Å². The molecule has 1 aliphatic rings. The molecule has 1 heterocycles. The molecule has 0 unspecified atom stereocenters. The van der Waals surface area contributed by atoms with Crippen LogP contribution in [0.5, 0.6) is 5.75 Å². The molecule has 26 heavy (non-hydrogen) atoms. The Bertz CT molecular complexity index is 728. The highest BCUT2D eigenvalue weighted by Crippen LogP contribution is 2.34. The van der Waals surface area contributed by atoms with Gasteiger partial charge >= 0.3 is 0 Å². The molecule has 1 aliphatic heterocycles. The summed E-state index contributed by atoms with van der Waals surface area (Å²) in [6, 6.07) is 4.51. The van der Waals surface area contributed by atoms with Crippen LogP contribution in [0.3, 0.4) is 0 Å². The Balaban J connectivity index is 2.18. The standard InChI is InChI=1S/C14H13F4N3O5/c1-7(26-9-4-2-8(3-5-9)21(24)25)12(22)20-14(23,13(17)18)6-10(19-20)11(15)16/h2-5,7,11,13,23H,6H2,1H3/t7-,14+/m0/s1. The Kier molecular flexibility index (Phi) is 5.44. The summed E-state index contributed by atoms with van der Waals surface area (Å²) in [5, 5.41) is 23.5. The predicted molar refractivity (Wildman–Crippen MR) is 79.0 cm³/mol. The van der Waals surface area contributed by atoms with Crippen LogP contribution in [0.15, 0.2) is 29.4 Å². The third-order valence-electron chi connectivity index (χ3n) is 3.55. The van der Waals surface area contributed by atoms with Crippen molar-refractivity contribution in [2.75, 3.05) is 0 Å². The molecule has 0 bridgehead atoms. The van der Waals surface area contributed by atoms with Crippen LogP contribution in [0, 0.1) is 10.1 Å². The van der Waals surface area contributed by atoms with Crippen molar-refractivity contribution in [3.05, 3.63) is 34.4 Å². The first-order valence-corrected chi connectivity index (χ1v) is 7.17. The van der Waals surface area contributed by atoms with Crippen molar-refractivity contribution in [2.45, 2.75) is 38.0 Å². The molecule has 1 aromatic rings. The number of non-ortho nitro benzene ring substituents is 1. The van der Waals surface area contributed by atoms with E-state index in [0.717, 1.165) is 19.1 Å². The molecular weight excluding hydrogens is 366 g/mol. The van der Waals surface area contributed by atoms with Crippen molar-refractivity contribution in [3.63, 3.8) is 0 Å². The second-order valence-electron chi connectivity index (χ2n) is 5.41. The average molecular weight is 379 g/mol. The van der Waals surface area contributed by atoms with E-state index < -0.39 is 47.6 Å². The molecule has 8 nitrogen and oxygen atoms in total. The second-order valence-corrected chi connectivity index (χ2v) is 5.41. The SMILES string of the molecule is C[C@H](Oc1ccc([N+](=O)[O-])cc1)C(=O)N1N=C(C(F)F)C[C@@]1(O)C(F)F. The number of nitrogens with zero attached hydrogens (tertiary/aromatic N) is 3. The summed E-state index contributed by atoms with van der Waals surface area (Å²) in [4.78, 5) is 22.2. The van der Waals surface area contributed by atoms with Gasteiger partial charge in [0.15, 0.2) is 6.10 Å². The normalized spacial score (nSPS) is 21.1. The lowest BCUT2D eigenvalue weighted by Gasteiger charge is -2.31. The smallest absolute Gasteiger partial charge is 0.287 e. The van der Waals surface area contributed by atoms with E-state index >= 15 is 0 Å². The summed E-state index contributed by atoms with van der Waals surface area (Å²) in [6.45, 7) is 1.13. The minimum absolute atomic E-state index is 0.00528. The fourth-order valence-corrected chi connectivity index (χ4v) is 2.20. The molecule has 1 amide bonds. The van der Waals surface area contributed by atoms with Gasteiger partial charge in [-0.15, -0.1) is 0 Å². The molecule has 0 aliphatic carbocycles. The quantitative estimate of drug-likeness (QED) is 0.463. The molecule has 0 saturated heterocycles. The Morgan fingerprint density at radius 2 is 1.92 bits per heavy atom. The van der Waals surface area contributed by atoms with E-state index in [1.54, 1.807) is 0 Å². The van der Waals surface area contributed by atoms with Gasteiger partial charge in [0.1, 0.15) is 11.5 Å². The van der Waals surface area contributed by atoms with E-state index in [9.17, 15) is 37.6 Å². The van der Waals surface area contributed by atoms with Crippen LogP contribution >= 0.6 is 0 Å². The number of alkyl halides is 4. The van der Waals surface area contributed by atoms with E-state index in [1.165, 1.54) is 12.1 Å². The number of hydrazone groups is 1. The maximum Gasteiger partial charge on any atom is 0.287 e. The predicted octanol–water partition coefficient (Wildman–Crippen LogP) is 2.17. The fraction of sp³-hybridized carbons (Fsp3) is 0.429. The van der Waals surface area contributed by atoms with Gasteiger partial charge in [-0.1, -0.05) is 0 Å². The number of benzene rings is 1. The summed E-state index contributed by atoms with van der Waals surface area (Å²) < 4.78 is 56.8. The summed E-state index contributed by atoms with van der Waals surface area (Å²) in [5.41, 5.74) is -4.49. The Hall–Kier alpha value is -2.76. The zero-order chi connectivity index (χ0) is 19.6. The molecule has 0 fully saturated rings. The maximum atomic E-state index is 13.1. The lowest BCUT2D eigenvalue weighted by Crippen LogP contribution is -2.54. The molecule has 2 rings (SSSR count). The number of carbonyl (C=O) groups is 1. The highest BCUT2D eigenvalue weighted by atomic mass is 19.3. The van der Waals surface area contributed by atoms with Crippen LogP contribution in [-0.2, 0) is 4.79 Å². The number of nitro benzene ring substituents is 1. The van der Waals surface area contributed by atoms with Crippen LogP contribution in [-0.4, -0.2) is 51.3 Å². The van der Waals surface area contributed by atoms with Crippen LogP contribution in [0.1, 0.15) is 13.3 Å². The Morgan fingerprint density at radius 1 is 1.35 bits per heavy atom. The number of amides is 1. The Labute approximate surface area is 143 Å². The molecule has 0 radical (unpaired) electrons. The maximum absolute atomic E-state index is 13.1. The van der Waals surface area contributed by atoms with Gasteiger partial charge in [-0.05, 0) is 19.1 Å². The largest absolute Gasteiger partial charge is 0.481 e. The number of halogens is 4. The monoisotopic (exact) mass is 379 g/mol. The third kappa shape index (κ3) is 3.74. The van der Waals surface area contributed by atoms with Crippen molar-refractivity contribution < 1.29 is 37.1 Å². The summed E-state index contributed by atoms with van der Waals surface area (Å²) in [5.74, 6) is -1.28. The molecule has 0 aromatic heterocycles. The first-order chi connectivity index (χ1) is 12.1. The molecular formula is C14H13F4N3O5. The van der Waals surface area contributed by atoms with Crippen molar-refractivity contribution in [1.82, 2.24) is 5.01 Å². The average Bonchev–Trinajstić information content (AvgIpc) is 2.94. The molecule has 0 saturated carbocycles. The Morgan fingerprint density at radius 3 is 2.38 bits per heavy atom. The summed E-state index contributed by atoms with van der Waals surface area (Å²) in [7, 11) is 0. The zero-order valence-electron chi connectivity index (χ0n) is 13.2. The second kappa shape index (κ2) is 7.23. The number of ether oxygens (including phenoxy) is 1. The number of carbonyl (C=O) groups excluding carboxylic acids is 1. The van der Waals surface area contributed by atoms with E-state index in [0.29, 0.717) is 0 Å². The molecule has 1 aromatic carbocycles. The number of hydrogen-bond acceptors (Lipinski definition) is 6. The minimum atomic E-state index is -3.54. The molecule has 12 heteroatoms. The first kappa shape index (κ1) is 19.6. The van der Waals surface area contributed by atoms with Gasteiger partial charge in [-0.3, -0.25) is 14.9 Å². The van der Waals surface area contributed by atoms with Crippen molar-refractivity contribution in [2.24, 2.45) is 5.10 Å². The molecule has 0 spiro atoms. The van der Waals surface area contributed by atoms with Crippen LogP contribution in [0.4, 0.5) is 23.2 Å². The van der Waals surface area contributed by atoms with Gasteiger partial charge in [0.05, 0.1) is 4.92 Å². The summed E-state index contributed by atoms with van der Waals surface area (Å²) in [6.07, 6.45) is -9.44. The lowest BCUT2D eigenvalue weighted by atomic mass is 10.1. The van der Waals surface area contributed by atoms with Gasteiger partial charge in [-0.2, -0.15) is 10.1 Å². The van der Waals surface area contributed by atoms with Crippen LogP contribution < -0.4 is 4.74 Å². The van der Waals surface area contributed by atoms with Crippen molar-refractivity contribution in [1.29, 1.82) is 0 Å². The minimum Gasteiger partial charge on any atom is -0.481 e. The first-order valence-electron chi connectivity index (χ1n) is 7.17. The van der Waals surface area contributed by atoms with Crippen LogP contribution in [0.25, 0.3) is 0 Å². The number of rotatable bonds is 6. The van der Waals surface area contributed by atoms with Crippen molar-refractivity contribution >= 4 is 17.3 Å². The topological polar surface area (TPSA) is 105 Å². The fourth-order valence-electron chi connectivity index (χ4n) is 2.20. The highest BCUT2D eigenvalue weighted by Gasteiger charge is 2.54. The number of hydrogen-bond donors (Lipinski definition) is 1. The van der Waals surface area contributed by atoms with Gasteiger partial charge in [-0.25, -0.2) is 17.6 Å². The van der Waals surface area contributed by atoms with Crippen LogP contribution in [0.2, 0.25) is 0 Å². The van der Waals surface area contributed by atoms with E-state index in [-0.39, 0.29) is 16.4 Å². The van der Waals surface area contributed by atoms with E-state index in [2.05, 4.69) is 5.10 Å². The molecule has 142 valence electrons. The summed E-state index contributed by atoms with van der Waals surface area (Å²) >= 11 is 0. The number of aliphatic hydroxyl groups is 1. The van der Waals surface area contributed by atoms with Gasteiger partial charge in [0, 0.05) is 18.6 Å². The zero-order valence-corrected chi connectivity index (χ0v) is 13.2. The van der Waals surface area contributed by atoms with Gasteiger partial charge in [0.25, 0.3) is 24.4 Å². The van der Waals surface area contributed by atoms with Gasteiger partial charge < -0.3 is 9.84 Å². The van der Waals surface area contributed by atoms with Gasteiger partial charge in [0.2, 0.25) is 5.72 Å². The van der Waals surface area contributed by atoms with E-state index in [1.807, 2.05) is 0 Å². The molecule has 1 N–H and O–H groups in total. The third-order valence-corrected chi connectivity index (χ3v) is 3.55. The molecule has 2 atom stereocenters. The number of nitro groups is 1. The highest BCUT2D eigenvalue weighted by molar-refractivity contribution is 5.93. The van der Waals surface area contributed by atoms with Crippen molar-refractivity contribution in [3.8, 4) is 5.75 Å². The lowest BCUT2D eigenvalue weighted by molar-refractivity contribution is -0.384.